The number of benzene rings is 2. The van der Waals surface area contributed by atoms with Crippen molar-refractivity contribution in [1.29, 1.82) is 0 Å². The van der Waals surface area contributed by atoms with Crippen molar-refractivity contribution in [1.82, 2.24) is 0 Å². The lowest BCUT2D eigenvalue weighted by atomic mass is 10.1. The summed E-state index contributed by atoms with van der Waals surface area (Å²) in [5.41, 5.74) is 2.63. The molecule has 2 aromatic carbocycles. The highest BCUT2D eigenvalue weighted by Crippen LogP contribution is 1.99. The Morgan fingerprint density at radius 2 is 1.26 bits per heavy atom. The van der Waals surface area contributed by atoms with Crippen molar-refractivity contribution in [2.75, 3.05) is 6.61 Å². The van der Waals surface area contributed by atoms with Gasteiger partial charge in [0.05, 0.1) is 6.61 Å². The zero-order valence-corrected chi connectivity index (χ0v) is 11.4. The van der Waals surface area contributed by atoms with E-state index in [9.17, 15) is 5.11 Å². The van der Waals surface area contributed by atoms with Crippen molar-refractivity contribution in [3.63, 3.8) is 0 Å². The molecule has 0 bridgehead atoms. The summed E-state index contributed by atoms with van der Waals surface area (Å²) in [7, 11) is 0. The fraction of sp³-hybridized carbons (Fsp3) is 0.294. The molecule has 0 heterocycles. The minimum atomic E-state index is 0.217. The van der Waals surface area contributed by atoms with Crippen LogP contribution in [0.25, 0.3) is 0 Å². The summed E-state index contributed by atoms with van der Waals surface area (Å²) in [5.74, 6) is 0. The van der Waals surface area contributed by atoms with Gasteiger partial charge in [-0.3, -0.25) is 0 Å². The zero-order valence-electron chi connectivity index (χ0n) is 11.4. The molecule has 0 saturated heterocycles. The maximum atomic E-state index is 9.44. The molecular formula is C17H22NO+. The summed E-state index contributed by atoms with van der Waals surface area (Å²) in [4.78, 5) is 1.39. The Morgan fingerprint density at radius 1 is 0.842 bits per heavy atom. The predicted molar refractivity (Wildman–Crippen MR) is 77.8 cm³/mol. The molecule has 0 aliphatic heterocycles. The second-order valence-electron chi connectivity index (χ2n) is 5.07. The van der Waals surface area contributed by atoms with E-state index >= 15 is 0 Å². The van der Waals surface area contributed by atoms with Gasteiger partial charge in [-0.1, -0.05) is 60.7 Å². The van der Waals surface area contributed by atoms with E-state index in [4.69, 9.17) is 0 Å². The Hall–Kier alpha value is -1.64. The molecule has 0 aliphatic carbocycles. The van der Waals surface area contributed by atoms with Crippen LogP contribution in [0.1, 0.15) is 18.1 Å². The number of rotatable bonds is 6. The van der Waals surface area contributed by atoms with Gasteiger partial charge in [0, 0.05) is 11.1 Å². The molecule has 0 fully saturated rings. The fourth-order valence-electron chi connectivity index (χ4n) is 2.26. The van der Waals surface area contributed by atoms with Gasteiger partial charge < -0.3 is 10.0 Å². The van der Waals surface area contributed by atoms with Gasteiger partial charge >= 0.3 is 0 Å². The first kappa shape index (κ1) is 13.8. The highest BCUT2D eigenvalue weighted by molar-refractivity contribution is 5.14. The molecule has 0 radical (unpaired) electrons. The summed E-state index contributed by atoms with van der Waals surface area (Å²) in [5, 5.41) is 9.44. The van der Waals surface area contributed by atoms with Gasteiger partial charge in [-0.05, 0) is 6.92 Å². The first-order valence-electron chi connectivity index (χ1n) is 6.83. The van der Waals surface area contributed by atoms with Crippen molar-refractivity contribution < 1.29 is 10.0 Å². The maximum absolute atomic E-state index is 9.44. The lowest BCUT2D eigenvalue weighted by Crippen LogP contribution is -3.13. The molecule has 2 heteroatoms. The standard InChI is InChI=1S/C17H21NO/c1-15(14-19)18(12-16-8-4-2-5-9-16)13-17-10-6-3-7-11-17/h2-11,15,19H,12-14H2,1H3/p+1/t15-/m1/s1. The summed E-state index contributed by atoms with van der Waals surface area (Å²) in [6.07, 6.45) is 0. The third-order valence-corrected chi connectivity index (χ3v) is 3.52. The van der Waals surface area contributed by atoms with E-state index in [1.807, 2.05) is 12.1 Å². The van der Waals surface area contributed by atoms with Crippen molar-refractivity contribution in [3.05, 3.63) is 71.8 Å². The average Bonchev–Trinajstić information content (AvgIpc) is 2.48. The van der Waals surface area contributed by atoms with Crippen LogP contribution >= 0.6 is 0 Å². The second-order valence-corrected chi connectivity index (χ2v) is 5.07. The van der Waals surface area contributed by atoms with Crippen LogP contribution in [-0.4, -0.2) is 17.8 Å². The number of aliphatic hydroxyl groups excluding tert-OH is 1. The van der Waals surface area contributed by atoms with E-state index < -0.39 is 0 Å². The minimum Gasteiger partial charge on any atom is -0.390 e. The SMILES string of the molecule is C[C@H](CO)[NH+](Cc1ccccc1)Cc1ccccc1. The normalized spacial score (nSPS) is 12.6. The summed E-state index contributed by atoms with van der Waals surface area (Å²) in [6, 6.07) is 21.2. The number of hydrogen-bond donors (Lipinski definition) is 2. The van der Waals surface area contributed by atoms with E-state index in [1.54, 1.807) is 0 Å². The van der Waals surface area contributed by atoms with E-state index in [0.29, 0.717) is 0 Å². The molecule has 0 spiro atoms. The Balaban J connectivity index is 2.08. The third kappa shape index (κ3) is 4.19. The molecule has 0 saturated carbocycles. The first-order valence-corrected chi connectivity index (χ1v) is 6.83. The van der Waals surface area contributed by atoms with Gasteiger partial charge in [0.2, 0.25) is 0 Å². The van der Waals surface area contributed by atoms with E-state index in [1.165, 1.54) is 16.0 Å². The summed E-state index contributed by atoms with van der Waals surface area (Å²) in [6.45, 7) is 4.20. The zero-order chi connectivity index (χ0) is 13.5. The van der Waals surface area contributed by atoms with Crippen LogP contribution in [0.4, 0.5) is 0 Å². The van der Waals surface area contributed by atoms with Crippen molar-refractivity contribution >= 4 is 0 Å². The Bertz CT molecular complexity index is 428. The Labute approximate surface area is 115 Å². The topological polar surface area (TPSA) is 24.7 Å². The summed E-state index contributed by atoms with van der Waals surface area (Å²) < 4.78 is 0. The van der Waals surface area contributed by atoms with Crippen molar-refractivity contribution in [2.24, 2.45) is 0 Å². The molecule has 2 N–H and O–H groups in total. The molecule has 2 nitrogen and oxygen atoms in total. The smallest absolute Gasteiger partial charge is 0.108 e. The van der Waals surface area contributed by atoms with Crippen LogP contribution in [-0.2, 0) is 13.1 Å². The molecule has 0 unspecified atom stereocenters. The number of hydrogen-bond acceptors (Lipinski definition) is 1. The van der Waals surface area contributed by atoms with E-state index in [2.05, 4.69) is 55.5 Å². The lowest BCUT2D eigenvalue weighted by Gasteiger charge is -2.25. The molecular weight excluding hydrogens is 234 g/mol. The predicted octanol–water partition coefficient (Wildman–Crippen LogP) is 1.65. The first-order chi connectivity index (χ1) is 9.29. The van der Waals surface area contributed by atoms with Gasteiger partial charge in [0.1, 0.15) is 19.1 Å². The highest BCUT2D eigenvalue weighted by atomic mass is 16.3. The van der Waals surface area contributed by atoms with Crippen LogP contribution in [0.5, 0.6) is 0 Å². The van der Waals surface area contributed by atoms with Crippen LogP contribution in [0.2, 0.25) is 0 Å². The Kier molecular flexibility index (Phi) is 5.13. The number of aliphatic hydroxyl groups is 1. The van der Waals surface area contributed by atoms with Gasteiger partial charge in [-0.15, -0.1) is 0 Å². The number of nitrogens with one attached hydrogen (secondary N) is 1. The quantitative estimate of drug-likeness (QED) is 0.807. The Morgan fingerprint density at radius 3 is 1.63 bits per heavy atom. The monoisotopic (exact) mass is 256 g/mol. The summed E-state index contributed by atoms with van der Waals surface area (Å²) >= 11 is 0. The van der Waals surface area contributed by atoms with Gasteiger partial charge in [-0.2, -0.15) is 0 Å². The van der Waals surface area contributed by atoms with E-state index in [-0.39, 0.29) is 12.6 Å². The fourth-order valence-corrected chi connectivity index (χ4v) is 2.26. The molecule has 0 aliphatic rings. The maximum Gasteiger partial charge on any atom is 0.108 e. The second kappa shape index (κ2) is 7.07. The molecule has 2 rings (SSSR count). The van der Waals surface area contributed by atoms with Crippen molar-refractivity contribution in [3.8, 4) is 0 Å². The highest BCUT2D eigenvalue weighted by Gasteiger charge is 2.17. The van der Waals surface area contributed by atoms with Gasteiger partial charge in [0.25, 0.3) is 0 Å². The van der Waals surface area contributed by atoms with Gasteiger partial charge in [0.15, 0.2) is 0 Å². The number of quaternary nitrogens is 1. The molecule has 1 atom stereocenters. The average molecular weight is 256 g/mol. The molecule has 0 amide bonds. The van der Waals surface area contributed by atoms with Crippen molar-refractivity contribution in [2.45, 2.75) is 26.1 Å². The van der Waals surface area contributed by atoms with Crippen LogP contribution in [0.3, 0.4) is 0 Å². The largest absolute Gasteiger partial charge is 0.390 e. The van der Waals surface area contributed by atoms with Crippen LogP contribution < -0.4 is 4.90 Å². The molecule has 100 valence electrons. The molecule has 0 aromatic heterocycles. The van der Waals surface area contributed by atoms with Crippen LogP contribution in [0.15, 0.2) is 60.7 Å². The van der Waals surface area contributed by atoms with Crippen LogP contribution in [0, 0.1) is 0 Å². The van der Waals surface area contributed by atoms with Gasteiger partial charge in [-0.25, -0.2) is 0 Å². The lowest BCUT2D eigenvalue weighted by molar-refractivity contribution is -0.950. The third-order valence-electron chi connectivity index (χ3n) is 3.52. The molecule has 2 aromatic rings. The minimum absolute atomic E-state index is 0.217. The van der Waals surface area contributed by atoms with E-state index in [0.717, 1.165) is 13.1 Å². The molecule has 19 heavy (non-hydrogen) atoms.